The van der Waals surface area contributed by atoms with Crippen molar-refractivity contribution in [1.82, 2.24) is 0 Å². The summed E-state index contributed by atoms with van der Waals surface area (Å²) in [4.78, 5) is 34.0. The third-order valence-electron chi connectivity index (χ3n) is 4.22. The predicted octanol–water partition coefficient (Wildman–Crippen LogP) is 1.29. The number of hydrogen-bond donors (Lipinski definition) is 0. The van der Waals surface area contributed by atoms with Crippen LogP contribution in [0.5, 0.6) is 0 Å². The maximum absolute atomic E-state index is 11.7. The Bertz CT molecular complexity index is 427. The first kappa shape index (κ1) is 14.7. The van der Waals surface area contributed by atoms with Gasteiger partial charge in [-0.25, -0.2) is 0 Å². The molecule has 21 heavy (non-hydrogen) atoms. The van der Waals surface area contributed by atoms with Crippen molar-refractivity contribution >= 4 is 17.5 Å². The Kier molecular flexibility index (Phi) is 4.35. The number of cyclic esters (lactones) is 1. The lowest BCUT2D eigenvalue weighted by Gasteiger charge is -2.24. The lowest BCUT2D eigenvalue weighted by molar-refractivity contribution is -0.170. The van der Waals surface area contributed by atoms with Crippen molar-refractivity contribution in [2.24, 2.45) is 0 Å². The van der Waals surface area contributed by atoms with Crippen LogP contribution in [0.1, 0.15) is 51.4 Å². The van der Waals surface area contributed by atoms with E-state index in [-0.39, 0.29) is 42.1 Å². The molecule has 0 amide bonds. The van der Waals surface area contributed by atoms with Gasteiger partial charge in [0.15, 0.2) is 6.29 Å². The van der Waals surface area contributed by atoms with E-state index in [9.17, 15) is 14.4 Å². The average Bonchev–Trinajstić information content (AvgIpc) is 3.04. The van der Waals surface area contributed by atoms with Gasteiger partial charge in [-0.15, -0.1) is 0 Å². The molecule has 3 saturated heterocycles. The molecule has 3 heterocycles. The van der Waals surface area contributed by atoms with Crippen molar-refractivity contribution in [3.8, 4) is 0 Å². The van der Waals surface area contributed by atoms with E-state index in [0.717, 1.165) is 12.8 Å². The molecular weight excluding hydrogens is 276 g/mol. The summed E-state index contributed by atoms with van der Waals surface area (Å²) in [5, 5.41) is 0. The molecule has 0 N–H and O–H groups in total. The van der Waals surface area contributed by atoms with Gasteiger partial charge in [0.25, 0.3) is 0 Å². The predicted molar refractivity (Wildman–Crippen MR) is 70.4 cm³/mol. The summed E-state index contributed by atoms with van der Waals surface area (Å²) in [6.45, 7) is 0. The average molecular weight is 296 g/mol. The summed E-state index contributed by atoms with van der Waals surface area (Å²) < 4.78 is 15.5. The smallest absolute Gasteiger partial charge is 0.309 e. The molecule has 0 aromatic carbocycles. The fourth-order valence-electron chi connectivity index (χ4n) is 2.80. The number of ketones is 2. The maximum atomic E-state index is 11.7. The Morgan fingerprint density at radius 1 is 0.952 bits per heavy atom. The molecule has 6 nitrogen and oxygen atoms in total. The van der Waals surface area contributed by atoms with Gasteiger partial charge in [0.05, 0.1) is 12.5 Å². The number of hydrogen-bond acceptors (Lipinski definition) is 6. The van der Waals surface area contributed by atoms with Crippen molar-refractivity contribution in [1.29, 1.82) is 0 Å². The zero-order valence-electron chi connectivity index (χ0n) is 11.9. The van der Waals surface area contributed by atoms with Crippen LogP contribution < -0.4 is 0 Å². The Hall–Kier alpha value is -1.27. The van der Waals surface area contributed by atoms with Gasteiger partial charge in [-0.1, -0.05) is 0 Å². The van der Waals surface area contributed by atoms with E-state index in [1.165, 1.54) is 0 Å². The first-order valence-electron chi connectivity index (χ1n) is 7.64. The van der Waals surface area contributed by atoms with Gasteiger partial charge in [0.1, 0.15) is 23.8 Å². The van der Waals surface area contributed by atoms with Crippen LogP contribution in [0.3, 0.4) is 0 Å². The lowest BCUT2D eigenvalue weighted by atomic mass is 10.0. The van der Waals surface area contributed by atoms with Crippen molar-refractivity contribution in [3.05, 3.63) is 0 Å². The molecule has 0 saturated carbocycles. The van der Waals surface area contributed by atoms with Crippen LogP contribution in [0, 0.1) is 0 Å². The minimum absolute atomic E-state index is 0.0210. The summed E-state index contributed by atoms with van der Waals surface area (Å²) in [5.74, 6) is -0.0126. The van der Waals surface area contributed by atoms with Crippen LogP contribution in [0.25, 0.3) is 0 Å². The van der Waals surface area contributed by atoms with E-state index < -0.39 is 0 Å². The molecule has 0 aliphatic carbocycles. The van der Waals surface area contributed by atoms with E-state index >= 15 is 0 Å². The molecule has 3 aliphatic heterocycles. The molecule has 0 radical (unpaired) electrons. The molecular formula is C15H20O6. The fourth-order valence-corrected chi connectivity index (χ4v) is 2.80. The van der Waals surface area contributed by atoms with Gasteiger partial charge in [-0.3, -0.25) is 14.4 Å². The molecule has 6 heteroatoms. The highest BCUT2D eigenvalue weighted by Crippen LogP contribution is 2.38. The zero-order chi connectivity index (χ0) is 14.8. The summed E-state index contributed by atoms with van der Waals surface area (Å²) in [6.07, 6.45) is 4.34. The summed E-state index contributed by atoms with van der Waals surface area (Å²) >= 11 is 0. The first-order valence-corrected chi connectivity index (χ1v) is 7.64. The van der Waals surface area contributed by atoms with Crippen LogP contribution in [0.2, 0.25) is 0 Å². The number of ether oxygens (including phenoxy) is 3. The first-order chi connectivity index (χ1) is 10.1. The van der Waals surface area contributed by atoms with Gasteiger partial charge in [-0.05, 0) is 12.8 Å². The Morgan fingerprint density at radius 3 is 2.10 bits per heavy atom. The van der Waals surface area contributed by atoms with Crippen LogP contribution in [0.15, 0.2) is 0 Å². The van der Waals surface area contributed by atoms with E-state index in [2.05, 4.69) is 0 Å². The van der Waals surface area contributed by atoms with E-state index in [4.69, 9.17) is 14.2 Å². The van der Waals surface area contributed by atoms with Crippen LogP contribution in [-0.2, 0) is 28.6 Å². The standard InChI is InChI=1S/C15H20O6/c16-9(3-5-11-7-13-15(20-11)21-13)1-2-10(17)4-6-12-8-14(18)19-12/h11-13,15H,1-8H2. The van der Waals surface area contributed by atoms with Gasteiger partial charge in [0.2, 0.25) is 0 Å². The van der Waals surface area contributed by atoms with Gasteiger partial charge in [0, 0.05) is 32.1 Å². The van der Waals surface area contributed by atoms with Gasteiger partial charge >= 0.3 is 5.97 Å². The topological polar surface area (TPSA) is 82.2 Å². The number of epoxide rings is 1. The van der Waals surface area contributed by atoms with Crippen LogP contribution in [-0.4, -0.2) is 42.1 Å². The Morgan fingerprint density at radius 2 is 1.57 bits per heavy atom. The Balaban J connectivity index is 1.21. The number of esters is 1. The second kappa shape index (κ2) is 6.23. The highest BCUT2D eigenvalue weighted by Gasteiger charge is 2.49. The molecule has 0 spiro atoms. The number of Topliss-reactive ketones (excluding diaryl/α,β-unsaturated/α-hetero) is 2. The monoisotopic (exact) mass is 296 g/mol. The molecule has 3 rings (SSSR count). The SMILES string of the molecule is O=C(CCC(=O)CCC1CC2OC2O1)CCC1CC(=O)O1. The quantitative estimate of drug-likeness (QED) is 0.471. The molecule has 3 aliphatic rings. The molecule has 0 aromatic rings. The third-order valence-corrected chi connectivity index (χ3v) is 4.22. The normalized spacial score (nSPS) is 33.0. The molecule has 4 unspecified atom stereocenters. The molecule has 0 bridgehead atoms. The van der Waals surface area contributed by atoms with Crippen LogP contribution in [0.4, 0.5) is 0 Å². The van der Waals surface area contributed by atoms with Crippen molar-refractivity contribution in [2.45, 2.75) is 76.0 Å². The third kappa shape index (κ3) is 4.11. The van der Waals surface area contributed by atoms with E-state index in [1.807, 2.05) is 0 Å². The summed E-state index contributed by atoms with van der Waals surface area (Å²) in [6, 6.07) is 0. The molecule has 116 valence electrons. The summed E-state index contributed by atoms with van der Waals surface area (Å²) in [5.41, 5.74) is 0. The minimum atomic E-state index is -0.195. The minimum Gasteiger partial charge on any atom is -0.462 e. The highest BCUT2D eigenvalue weighted by atomic mass is 16.8. The molecule has 0 aromatic heterocycles. The number of carbonyl (C=O) groups is 3. The van der Waals surface area contributed by atoms with Gasteiger partial charge < -0.3 is 14.2 Å². The van der Waals surface area contributed by atoms with Crippen molar-refractivity contribution < 1.29 is 28.6 Å². The highest BCUT2D eigenvalue weighted by molar-refractivity contribution is 5.86. The lowest BCUT2D eigenvalue weighted by Crippen LogP contribution is -2.32. The second-order valence-electron chi connectivity index (χ2n) is 6.01. The molecule has 3 fully saturated rings. The zero-order valence-corrected chi connectivity index (χ0v) is 11.9. The Labute approximate surface area is 123 Å². The number of fused-ring (bicyclic) bond motifs is 1. The largest absolute Gasteiger partial charge is 0.462 e. The van der Waals surface area contributed by atoms with Crippen molar-refractivity contribution in [3.63, 3.8) is 0 Å². The van der Waals surface area contributed by atoms with E-state index in [0.29, 0.717) is 38.5 Å². The summed E-state index contributed by atoms with van der Waals surface area (Å²) in [7, 11) is 0. The van der Waals surface area contributed by atoms with E-state index in [1.54, 1.807) is 0 Å². The second-order valence-corrected chi connectivity index (χ2v) is 6.01. The van der Waals surface area contributed by atoms with Crippen molar-refractivity contribution in [2.75, 3.05) is 0 Å². The number of carbonyl (C=O) groups excluding carboxylic acids is 3. The maximum Gasteiger partial charge on any atom is 0.309 e. The van der Waals surface area contributed by atoms with Gasteiger partial charge in [-0.2, -0.15) is 0 Å². The van der Waals surface area contributed by atoms with Crippen LogP contribution >= 0.6 is 0 Å². The fraction of sp³-hybridized carbons (Fsp3) is 0.800. The number of rotatable bonds is 9. The molecule has 4 atom stereocenters.